The second-order valence-corrected chi connectivity index (χ2v) is 4.44. The number of halogens is 3. The summed E-state index contributed by atoms with van der Waals surface area (Å²) in [6.45, 7) is -1.58. The Balaban J connectivity index is 2.39. The molecule has 5 nitrogen and oxygen atoms in total. The minimum Gasteiger partial charge on any atom is -0.481 e. The molecule has 1 fully saturated rings. The second kappa shape index (κ2) is 5.45. The predicted molar refractivity (Wildman–Crippen MR) is 56.0 cm³/mol. The van der Waals surface area contributed by atoms with Gasteiger partial charge in [0, 0.05) is 6.54 Å². The summed E-state index contributed by atoms with van der Waals surface area (Å²) in [4.78, 5) is 22.2. The molecule has 8 heteroatoms. The number of alkyl halides is 3. The molecule has 0 spiro atoms. The molecule has 0 radical (unpaired) electrons. The van der Waals surface area contributed by atoms with E-state index < -0.39 is 30.1 Å². The van der Waals surface area contributed by atoms with E-state index in [0.717, 1.165) is 12.8 Å². The first-order valence-corrected chi connectivity index (χ1v) is 5.57. The molecule has 1 aliphatic carbocycles. The van der Waals surface area contributed by atoms with Crippen LogP contribution in [-0.2, 0) is 4.79 Å². The Labute approximate surface area is 102 Å². The van der Waals surface area contributed by atoms with E-state index in [1.54, 1.807) is 5.32 Å². The first-order valence-electron chi connectivity index (χ1n) is 5.57. The lowest BCUT2D eigenvalue weighted by Gasteiger charge is -2.24. The van der Waals surface area contributed by atoms with Crippen molar-refractivity contribution in [2.45, 2.75) is 31.9 Å². The Morgan fingerprint density at radius 3 is 2.17 bits per heavy atom. The third-order valence-electron chi connectivity index (χ3n) is 3.05. The Hall–Kier alpha value is -1.47. The van der Waals surface area contributed by atoms with Crippen LogP contribution in [0, 0.1) is 5.41 Å². The number of hydrogen-bond acceptors (Lipinski definition) is 2. The molecule has 0 saturated heterocycles. The van der Waals surface area contributed by atoms with E-state index in [1.807, 2.05) is 0 Å². The van der Waals surface area contributed by atoms with E-state index in [0.29, 0.717) is 12.8 Å². The van der Waals surface area contributed by atoms with Gasteiger partial charge in [-0.1, -0.05) is 12.8 Å². The molecule has 1 rings (SSSR count). The number of carbonyl (C=O) groups excluding carboxylic acids is 1. The van der Waals surface area contributed by atoms with Crippen molar-refractivity contribution in [2.24, 2.45) is 5.41 Å². The minimum absolute atomic E-state index is 0.147. The third-order valence-corrected chi connectivity index (χ3v) is 3.05. The highest BCUT2D eigenvalue weighted by atomic mass is 19.4. The topological polar surface area (TPSA) is 78.4 Å². The number of carboxylic acids is 1. The lowest BCUT2D eigenvalue weighted by Crippen LogP contribution is -2.46. The van der Waals surface area contributed by atoms with Crippen molar-refractivity contribution in [3.8, 4) is 0 Å². The van der Waals surface area contributed by atoms with Crippen molar-refractivity contribution in [1.29, 1.82) is 0 Å². The van der Waals surface area contributed by atoms with Crippen LogP contribution in [0.5, 0.6) is 0 Å². The maximum absolute atomic E-state index is 11.8. The van der Waals surface area contributed by atoms with Gasteiger partial charge < -0.3 is 15.7 Å². The average Bonchev–Trinajstić information content (AvgIpc) is 2.72. The summed E-state index contributed by atoms with van der Waals surface area (Å²) in [5.74, 6) is -1.02. The Kier molecular flexibility index (Phi) is 4.42. The van der Waals surface area contributed by atoms with Gasteiger partial charge in [-0.3, -0.25) is 4.79 Å². The first kappa shape index (κ1) is 14.6. The van der Waals surface area contributed by atoms with Crippen molar-refractivity contribution in [1.82, 2.24) is 10.6 Å². The lowest BCUT2D eigenvalue weighted by molar-refractivity contribution is -0.148. The molecule has 2 amide bonds. The van der Waals surface area contributed by atoms with Crippen LogP contribution in [0.1, 0.15) is 25.7 Å². The quantitative estimate of drug-likeness (QED) is 0.723. The fourth-order valence-electron chi connectivity index (χ4n) is 2.01. The van der Waals surface area contributed by atoms with E-state index >= 15 is 0 Å². The van der Waals surface area contributed by atoms with Crippen molar-refractivity contribution < 1.29 is 27.9 Å². The zero-order valence-corrected chi connectivity index (χ0v) is 9.64. The van der Waals surface area contributed by atoms with E-state index in [9.17, 15) is 22.8 Å². The maximum atomic E-state index is 11.8. The Morgan fingerprint density at radius 2 is 1.72 bits per heavy atom. The van der Waals surface area contributed by atoms with E-state index in [1.165, 1.54) is 0 Å². The molecular weight excluding hydrogens is 253 g/mol. The van der Waals surface area contributed by atoms with Crippen LogP contribution in [-0.4, -0.2) is 36.4 Å². The fourth-order valence-corrected chi connectivity index (χ4v) is 2.01. The molecule has 1 saturated carbocycles. The molecule has 0 bridgehead atoms. The highest BCUT2D eigenvalue weighted by Gasteiger charge is 2.41. The van der Waals surface area contributed by atoms with Crippen LogP contribution in [0.25, 0.3) is 0 Å². The normalized spacial score (nSPS) is 18.4. The summed E-state index contributed by atoms with van der Waals surface area (Å²) in [6, 6.07) is -1.00. The first-order chi connectivity index (χ1) is 8.25. The molecule has 0 heterocycles. The zero-order valence-electron chi connectivity index (χ0n) is 9.64. The van der Waals surface area contributed by atoms with Gasteiger partial charge in [0.25, 0.3) is 0 Å². The van der Waals surface area contributed by atoms with Gasteiger partial charge in [0.2, 0.25) is 0 Å². The van der Waals surface area contributed by atoms with Crippen LogP contribution in [0.2, 0.25) is 0 Å². The number of amides is 2. The maximum Gasteiger partial charge on any atom is 0.405 e. The fraction of sp³-hybridized carbons (Fsp3) is 0.800. The van der Waals surface area contributed by atoms with Crippen molar-refractivity contribution in [3.63, 3.8) is 0 Å². The number of rotatable bonds is 4. The number of carboxylic acid groups (broad SMARTS) is 1. The number of urea groups is 1. The molecule has 104 valence electrons. The average molecular weight is 268 g/mol. The molecule has 18 heavy (non-hydrogen) atoms. The molecule has 1 aliphatic rings. The monoisotopic (exact) mass is 268 g/mol. The number of aliphatic carboxylic acids is 1. The van der Waals surface area contributed by atoms with E-state index in [4.69, 9.17) is 5.11 Å². The van der Waals surface area contributed by atoms with Crippen LogP contribution in [0.3, 0.4) is 0 Å². The van der Waals surface area contributed by atoms with Gasteiger partial charge >= 0.3 is 18.2 Å². The Bertz CT molecular complexity index is 325. The zero-order chi connectivity index (χ0) is 13.8. The molecule has 0 unspecified atom stereocenters. The molecule has 0 aromatic rings. The summed E-state index contributed by atoms with van der Waals surface area (Å²) in [7, 11) is 0. The van der Waals surface area contributed by atoms with E-state index in [2.05, 4.69) is 5.32 Å². The van der Waals surface area contributed by atoms with Crippen molar-refractivity contribution in [3.05, 3.63) is 0 Å². The number of hydrogen-bond donors (Lipinski definition) is 3. The largest absolute Gasteiger partial charge is 0.481 e. The molecule has 0 atom stereocenters. The number of carbonyl (C=O) groups is 2. The SMILES string of the molecule is O=C(NCC(F)(F)F)NCC1(C(=O)O)CCCC1. The third kappa shape index (κ3) is 4.08. The highest BCUT2D eigenvalue weighted by molar-refractivity contribution is 5.78. The summed E-state index contributed by atoms with van der Waals surface area (Å²) in [5.41, 5.74) is -1.03. The molecular formula is C10H15F3N2O3. The van der Waals surface area contributed by atoms with Crippen molar-refractivity contribution in [2.75, 3.05) is 13.1 Å². The summed E-state index contributed by atoms with van der Waals surface area (Å²) >= 11 is 0. The minimum atomic E-state index is -4.48. The van der Waals surface area contributed by atoms with Crippen LogP contribution >= 0.6 is 0 Å². The number of nitrogens with one attached hydrogen (secondary N) is 2. The summed E-state index contributed by atoms with van der Waals surface area (Å²) < 4.78 is 35.5. The van der Waals surface area contributed by atoms with Gasteiger partial charge in [-0.05, 0) is 12.8 Å². The van der Waals surface area contributed by atoms with Crippen LogP contribution < -0.4 is 10.6 Å². The van der Waals surface area contributed by atoms with Gasteiger partial charge in [0.15, 0.2) is 0 Å². The van der Waals surface area contributed by atoms with Gasteiger partial charge in [-0.25, -0.2) is 4.79 Å². The molecule has 0 aromatic heterocycles. The van der Waals surface area contributed by atoms with E-state index in [-0.39, 0.29) is 6.54 Å². The highest BCUT2D eigenvalue weighted by Crippen LogP contribution is 2.37. The predicted octanol–water partition coefficient (Wildman–Crippen LogP) is 1.49. The van der Waals surface area contributed by atoms with Gasteiger partial charge in [0.05, 0.1) is 5.41 Å². The molecule has 3 N–H and O–H groups in total. The van der Waals surface area contributed by atoms with Crippen molar-refractivity contribution >= 4 is 12.0 Å². The molecule has 0 aromatic carbocycles. The Morgan fingerprint density at radius 1 is 1.17 bits per heavy atom. The van der Waals surface area contributed by atoms with Gasteiger partial charge in [-0.2, -0.15) is 13.2 Å². The summed E-state index contributed by atoms with van der Waals surface area (Å²) in [5, 5.41) is 12.9. The van der Waals surface area contributed by atoms with Crippen LogP contribution in [0.15, 0.2) is 0 Å². The smallest absolute Gasteiger partial charge is 0.405 e. The molecule has 0 aliphatic heterocycles. The van der Waals surface area contributed by atoms with Crippen LogP contribution in [0.4, 0.5) is 18.0 Å². The van der Waals surface area contributed by atoms with Gasteiger partial charge in [-0.15, -0.1) is 0 Å². The summed E-state index contributed by atoms with van der Waals surface area (Å²) in [6.07, 6.45) is -2.12. The lowest BCUT2D eigenvalue weighted by atomic mass is 9.86. The second-order valence-electron chi connectivity index (χ2n) is 4.44. The standard InChI is InChI=1S/C10H15F3N2O3/c11-10(12,13)6-15-8(18)14-5-9(7(16)17)3-1-2-4-9/h1-6H2,(H,16,17)(H2,14,15,18). The van der Waals surface area contributed by atoms with Gasteiger partial charge in [0.1, 0.15) is 6.54 Å².